The first-order valence-corrected chi connectivity index (χ1v) is 8.22. The average molecular weight is 335 g/mol. The largest absolute Gasteiger partial charge is 0.463 e. The van der Waals surface area contributed by atoms with Crippen LogP contribution in [-0.4, -0.2) is 18.0 Å². The standard InChI is InChI=1S/C21H21NO3/c1-24-21(23)20-13-12-19(25-20)16-22(14-17-8-4-2-5-9-17)15-18-10-6-3-7-11-18/h2-13H,14-16H2,1H3. The molecule has 0 saturated carbocycles. The second-order valence-corrected chi connectivity index (χ2v) is 5.87. The molecule has 4 heteroatoms. The van der Waals surface area contributed by atoms with Crippen LogP contribution in [0.2, 0.25) is 0 Å². The van der Waals surface area contributed by atoms with Crippen LogP contribution in [0.25, 0.3) is 0 Å². The number of hydrogen-bond donors (Lipinski definition) is 0. The molecule has 128 valence electrons. The van der Waals surface area contributed by atoms with E-state index in [1.807, 2.05) is 42.5 Å². The number of ether oxygens (including phenoxy) is 1. The van der Waals surface area contributed by atoms with Crippen molar-refractivity contribution in [3.05, 3.63) is 95.4 Å². The molecule has 0 amide bonds. The molecule has 1 heterocycles. The van der Waals surface area contributed by atoms with E-state index in [9.17, 15) is 4.79 Å². The molecule has 2 aromatic carbocycles. The fourth-order valence-corrected chi connectivity index (χ4v) is 2.74. The number of rotatable bonds is 7. The van der Waals surface area contributed by atoms with Crippen molar-refractivity contribution in [2.45, 2.75) is 19.6 Å². The van der Waals surface area contributed by atoms with Crippen molar-refractivity contribution in [2.24, 2.45) is 0 Å². The molecule has 0 radical (unpaired) electrons. The van der Waals surface area contributed by atoms with Gasteiger partial charge in [-0.05, 0) is 23.3 Å². The summed E-state index contributed by atoms with van der Waals surface area (Å²) in [4.78, 5) is 13.8. The highest BCUT2D eigenvalue weighted by atomic mass is 16.5. The molecule has 4 nitrogen and oxygen atoms in total. The molecular formula is C21H21NO3. The van der Waals surface area contributed by atoms with Gasteiger partial charge in [-0.2, -0.15) is 0 Å². The SMILES string of the molecule is COC(=O)c1ccc(CN(Cc2ccccc2)Cc2ccccc2)o1. The molecule has 25 heavy (non-hydrogen) atoms. The van der Waals surface area contributed by atoms with Gasteiger partial charge in [-0.1, -0.05) is 60.7 Å². The highest BCUT2D eigenvalue weighted by molar-refractivity contribution is 5.86. The Morgan fingerprint density at radius 3 is 1.92 bits per heavy atom. The minimum absolute atomic E-state index is 0.233. The summed E-state index contributed by atoms with van der Waals surface area (Å²) in [5.41, 5.74) is 2.47. The predicted molar refractivity (Wildman–Crippen MR) is 95.9 cm³/mol. The second kappa shape index (κ2) is 8.31. The molecule has 0 unspecified atom stereocenters. The summed E-state index contributed by atoms with van der Waals surface area (Å²) < 4.78 is 10.3. The molecule has 0 fully saturated rings. The summed E-state index contributed by atoms with van der Waals surface area (Å²) in [6, 6.07) is 24.1. The van der Waals surface area contributed by atoms with Crippen molar-refractivity contribution in [3.63, 3.8) is 0 Å². The smallest absolute Gasteiger partial charge is 0.373 e. The van der Waals surface area contributed by atoms with Crippen LogP contribution >= 0.6 is 0 Å². The molecule has 0 N–H and O–H groups in total. The molecule has 3 rings (SSSR count). The van der Waals surface area contributed by atoms with Gasteiger partial charge in [0, 0.05) is 13.1 Å². The monoisotopic (exact) mass is 335 g/mol. The average Bonchev–Trinajstić information content (AvgIpc) is 3.11. The first-order chi connectivity index (χ1) is 12.2. The summed E-state index contributed by atoms with van der Waals surface area (Å²) in [6.45, 7) is 2.20. The summed E-state index contributed by atoms with van der Waals surface area (Å²) in [5.74, 6) is 0.521. The van der Waals surface area contributed by atoms with Gasteiger partial charge < -0.3 is 9.15 Å². The van der Waals surface area contributed by atoms with E-state index in [0.29, 0.717) is 6.54 Å². The lowest BCUT2D eigenvalue weighted by atomic mass is 10.1. The first kappa shape index (κ1) is 17.0. The maximum Gasteiger partial charge on any atom is 0.373 e. The maximum absolute atomic E-state index is 11.6. The molecule has 1 aromatic heterocycles. The lowest BCUT2D eigenvalue weighted by molar-refractivity contribution is 0.0560. The Kier molecular flexibility index (Phi) is 5.65. The third-order valence-corrected chi connectivity index (χ3v) is 3.93. The zero-order chi connectivity index (χ0) is 17.5. The van der Waals surface area contributed by atoms with Gasteiger partial charge in [-0.3, -0.25) is 4.90 Å². The van der Waals surface area contributed by atoms with E-state index in [1.165, 1.54) is 18.2 Å². The lowest BCUT2D eigenvalue weighted by Gasteiger charge is -2.21. The molecule has 0 spiro atoms. The minimum atomic E-state index is -0.455. The molecule has 3 aromatic rings. The van der Waals surface area contributed by atoms with Crippen LogP contribution in [0.15, 0.2) is 77.2 Å². The molecule has 0 saturated heterocycles. The van der Waals surface area contributed by atoms with Gasteiger partial charge in [-0.15, -0.1) is 0 Å². The lowest BCUT2D eigenvalue weighted by Crippen LogP contribution is -2.22. The Morgan fingerprint density at radius 2 is 1.40 bits per heavy atom. The van der Waals surface area contributed by atoms with Gasteiger partial charge in [0.25, 0.3) is 0 Å². The third-order valence-electron chi connectivity index (χ3n) is 3.93. The Balaban J connectivity index is 1.75. The van der Waals surface area contributed by atoms with Crippen LogP contribution in [0.4, 0.5) is 0 Å². The normalized spacial score (nSPS) is 10.8. The van der Waals surface area contributed by atoms with Gasteiger partial charge in [0.05, 0.1) is 13.7 Å². The zero-order valence-electron chi connectivity index (χ0n) is 14.2. The number of carbonyl (C=O) groups excluding carboxylic acids is 1. The third kappa shape index (κ3) is 4.81. The van der Waals surface area contributed by atoms with E-state index < -0.39 is 5.97 Å². The van der Waals surface area contributed by atoms with E-state index >= 15 is 0 Å². The second-order valence-electron chi connectivity index (χ2n) is 5.87. The Morgan fingerprint density at radius 1 is 0.840 bits per heavy atom. The minimum Gasteiger partial charge on any atom is -0.463 e. The molecule has 0 atom stereocenters. The predicted octanol–water partition coefficient (Wildman–Crippen LogP) is 4.27. The number of esters is 1. The van der Waals surface area contributed by atoms with Crippen LogP contribution in [0.5, 0.6) is 0 Å². The van der Waals surface area contributed by atoms with Gasteiger partial charge in [0.2, 0.25) is 5.76 Å². The van der Waals surface area contributed by atoms with E-state index in [0.717, 1.165) is 18.8 Å². The van der Waals surface area contributed by atoms with E-state index in [4.69, 9.17) is 9.15 Å². The number of benzene rings is 2. The zero-order valence-corrected chi connectivity index (χ0v) is 14.2. The quantitative estimate of drug-likeness (QED) is 0.605. The van der Waals surface area contributed by atoms with Crippen LogP contribution in [0.3, 0.4) is 0 Å². The number of methoxy groups -OCH3 is 1. The van der Waals surface area contributed by atoms with Gasteiger partial charge in [0.15, 0.2) is 0 Å². The Hall–Kier alpha value is -2.85. The van der Waals surface area contributed by atoms with Crippen molar-refractivity contribution in [1.29, 1.82) is 0 Å². The highest BCUT2D eigenvalue weighted by Crippen LogP contribution is 2.16. The maximum atomic E-state index is 11.6. The Bertz CT molecular complexity index is 755. The van der Waals surface area contributed by atoms with E-state index in [1.54, 1.807) is 6.07 Å². The van der Waals surface area contributed by atoms with Crippen molar-refractivity contribution in [3.8, 4) is 0 Å². The molecule has 0 bridgehead atoms. The van der Waals surface area contributed by atoms with Crippen molar-refractivity contribution in [2.75, 3.05) is 7.11 Å². The summed E-state index contributed by atoms with van der Waals surface area (Å²) in [7, 11) is 1.35. The van der Waals surface area contributed by atoms with E-state index in [2.05, 4.69) is 29.2 Å². The number of nitrogens with zero attached hydrogens (tertiary/aromatic N) is 1. The molecule has 0 aliphatic rings. The molecule has 0 aliphatic heterocycles. The molecular weight excluding hydrogens is 314 g/mol. The van der Waals surface area contributed by atoms with Crippen molar-refractivity contribution < 1.29 is 13.9 Å². The fraction of sp³-hybridized carbons (Fsp3) is 0.190. The van der Waals surface area contributed by atoms with Crippen LogP contribution in [0.1, 0.15) is 27.4 Å². The summed E-state index contributed by atoms with van der Waals surface area (Å²) >= 11 is 0. The first-order valence-electron chi connectivity index (χ1n) is 8.22. The summed E-state index contributed by atoms with van der Waals surface area (Å²) in [5, 5.41) is 0. The summed E-state index contributed by atoms with van der Waals surface area (Å²) in [6.07, 6.45) is 0. The fourth-order valence-electron chi connectivity index (χ4n) is 2.74. The van der Waals surface area contributed by atoms with Crippen molar-refractivity contribution in [1.82, 2.24) is 4.90 Å². The Labute approximate surface area is 147 Å². The highest BCUT2D eigenvalue weighted by Gasteiger charge is 2.14. The topological polar surface area (TPSA) is 42.7 Å². The van der Waals surface area contributed by atoms with Gasteiger partial charge in [0.1, 0.15) is 5.76 Å². The van der Waals surface area contributed by atoms with Crippen LogP contribution in [0, 0.1) is 0 Å². The number of carbonyl (C=O) groups is 1. The number of hydrogen-bond acceptors (Lipinski definition) is 4. The van der Waals surface area contributed by atoms with Crippen molar-refractivity contribution >= 4 is 5.97 Å². The van der Waals surface area contributed by atoms with Gasteiger partial charge in [-0.25, -0.2) is 4.79 Å². The van der Waals surface area contributed by atoms with Crippen LogP contribution in [-0.2, 0) is 24.4 Å². The van der Waals surface area contributed by atoms with Gasteiger partial charge >= 0.3 is 5.97 Å². The number of furan rings is 1. The van der Waals surface area contributed by atoms with E-state index in [-0.39, 0.29) is 5.76 Å². The van der Waals surface area contributed by atoms with Crippen LogP contribution < -0.4 is 0 Å². The molecule has 0 aliphatic carbocycles.